The van der Waals surface area contributed by atoms with Crippen molar-refractivity contribution >= 4 is 29.9 Å². The van der Waals surface area contributed by atoms with Crippen molar-refractivity contribution in [1.82, 2.24) is 20.0 Å². The van der Waals surface area contributed by atoms with Crippen molar-refractivity contribution in [2.45, 2.75) is 45.1 Å². The first-order valence-corrected chi connectivity index (χ1v) is 11.6. The average Bonchev–Trinajstić information content (AvgIpc) is 3.28. The predicted octanol–water partition coefficient (Wildman–Crippen LogP) is 3.27. The molecule has 0 amide bonds. The van der Waals surface area contributed by atoms with Gasteiger partial charge in [-0.15, -0.1) is 24.0 Å². The number of hydrogen-bond acceptors (Lipinski definition) is 5. The largest absolute Gasteiger partial charge is 0.381 e. The molecule has 3 heterocycles. The van der Waals surface area contributed by atoms with Crippen molar-refractivity contribution in [2.75, 3.05) is 39.5 Å². The minimum absolute atomic E-state index is 0. The molecular weight excluding hydrogens is 533 g/mol. The van der Waals surface area contributed by atoms with E-state index in [2.05, 4.69) is 46.5 Å². The third-order valence-corrected chi connectivity index (χ3v) is 5.89. The van der Waals surface area contributed by atoms with Gasteiger partial charge in [0.2, 0.25) is 0 Å². The molecule has 2 saturated heterocycles. The smallest absolute Gasteiger partial charge is 0.194 e. The number of nitrogens with one attached hydrogen (secondary N) is 1. The Bertz CT molecular complexity index is 867. The molecule has 2 aromatic rings. The van der Waals surface area contributed by atoms with Gasteiger partial charge >= 0.3 is 0 Å². The van der Waals surface area contributed by atoms with E-state index >= 15 is 0 Å². The van der Waals surface area contributed by atoms with Crippen molar-refractivity contribution in [2.24, 2.45) is 12.0 Å². The van der Waals surface area contributed by atoms with Gasteiger partial charge in [0.15, 0.2) is 5.96 Å². The lowest BCUT2D eigenvalue weighted by atomic mass is 10.1. The third kappa shape index (κ3) is 7.66. The Balaban J connectivity index is 0.00000306. The number of aryl methyl sites for hydroxylation is 1. The summed E-state index contributed by atoms with van der Waals surface area (Å²) in [4.78, 5) is 7.18. The zero-order valence-corrected chi connectivity index (χ0v) is 21.9. The lowest BCUT2D eigenvalue weighted by molar-refractivity contribution is -0.0390. The van der Waals surface area contributed by atoms with Crippen molar-refractivity contribution in [1.29, 1.82) is 0 Å². The van der Waals surface area contributed by atoms with Crippen LogP contribution in [0.15, 0.2) is 41.7 Å². The molecule has 1 unspecified atom stereocenters. The van der Waals surface area contributed by atoms with E-state index in [1.54, 1.807) is 0 Å². The lowest BCUT2D eigenvalue weighted by Gasteiger charge is -2.34. The van der Waals surface area contributed by atoms with Crippen LogP contribution in [0.5, 0.6) is 0 Å². The van der Waals surface area contributed by atoms with E-state index < -0.39 is 0 Å². The number of guanidine groups is 1. The Morgan fingerprint density at radius 2 is 1.94 bits per heavy atom. The molecule has 2 aliphatic rings. The van der Waals surface area contributed by atoms with Crippen molar-refractivity contribution in [3.05, 3.63) is 53.3 Å². The van der Waals surface area contributed by atoms with Gasteiger partial charge in [-0.1, -0.05) is 24.3 Å². The molecular formula is C24H36IN5O3. The van der Waals surface area contributed by atoms with Crippen LogP contribution in [0.1, 0.15) is 42.6 Å². The second-order valence-corrected chi connectivity index (χ2v) is 8.36. The third-order valence-electron chi connectivity index (χ3n) is 5.89. The maximum atomic E-state index is 6.02. The van der Waals surface area contributed by atoms with E-state index in [1.807, 2.05) is 24.1 Å². The van der Waals surface area contributed by atoms with Crippen LogP contribution in [0.2, 0.25) is 0 Å². The number of morpholine rings is 1. The molecule has 8 nitrogen and oxygen atoms in total. The second kappa shape index (κ2) is 13.3. The van der Waals surface area contributed by atoms with Gasteiger partial charge < -0.3 is 24.4 Å². The maximum absolute atomic E-state index is 6.02. The van der Waals surface area contributed by atoms with Gasteiger partial charge in [-0.05, 0) is 30.9 Å². The monoisotopic (exact) mass is 569 g/mol. The van der Waals surface area contributed by atoms with Gasteiger partial charge in [0.1, 0.15) is 6.10 Å². The van der Waals surface area contributed by atoms with Crippen LogP contribution in [0.3, 0.4) is 0 Å². The molecule has 4 rings (SSSR count). The fourth-order valence-corrected chi connectivity index (χ4v) is 4.04. The van der Waals surface area contributed by atoms with Gasteiger partial charge in [0, 0.05) is 45.1 Å². The first-order valence-electron chi connectivity index (χ1n) is 11.6. The lowest BCUT2D eigenvalue weighted by Crippen LogP contribution is -2.48. The number of rotatable bonds is 7. The van der Waals surface area contributed by atoms with Crippen molar-refractivity contribution in [3.8, 4) is 0 Å². The van der Waals surface area contributed by atoms with Crippen LogP contribution in [0.4, 0.5) is 0 Å². The van der Waals surface area contributed by atoms with E-state index in [1.165, 1.54) is 11.1 Å². The summed E-state index contributed by atoms with van der Waals surface area (Å²) in [5, 5.41) is 7.72. The fraction of sp³-hybridized carbons (Fsp3) is 0.583. The predicted molar refractivity (Wildman–Crippen MR) is 139 cm³/mol. The van der Waals surface area contributed by atoms with Gasteiger partial charge in [-0.2, -0.15) is 5.10 Å². The molecule has 1 N–H and O–H groups in total. The normalized spacial score (nSPS) is 19.9. The molecule has 0 saturated carbocycles. The summed E-state index contributed by atoms with van der Waals surface area (Å²) in [6.45, 7) is 8.09. The molecule has 9 heteroatoms. The number of ether oxygens (including phenoxy) is 3. The molecule has 0 bridgehead atoms. The fourth-order valence-electron chi connectivity index (χ4n) is 4.04. The van der Waals surface area contributed by atoms with Crippen LogP contribution in [0, 0.1) is 0 Å². The zero-order chi connectivity index (χ0) is 22.2. The van der Waals surface area contributed by atoms with Gasteiger partial charge in [-0.25, -0.2) is 4.99 Å². The first kappa shape index (κ1) is 25.9. The summed E-state index contributed by atoms with van der Waals surface area (Å²) in [7, 11) is 1.93. The molecule has 33 heavy (non-hydrogen) atoms. The number of nitrogens with zero attached hydrogens (tertiary/aromatic N) is 4. The van der Waals surface area contributed by atoms with Crippen LogP contribution in [-0.4, -0.2) is 66.2 Å². The summed E-state index contributed by atoms with van der Waals surface area (Å²) in [5.74, 6) is 0.927. The summed E-state index contributed by atoms with van der Waals surface area (Å²) in [5.41, 5.74) is 3.49. The molecule has 1 atom stereocenters. The van der Waals surface area contributed by atoms with Crippen LogP contribution >= 0.6 is 24.0 Å². The Labute approximate surface area is 213 Å². The van der Waals surface area contributed by atoms with Crippen LogP contribution in [-0.2, 0) is 34.4 Å². The minimum Gasteiger partial charge on any atom is -0.381 e. The molecule has 182 valence electrons. The molecule has 0 radical (unpaired) electrons. The SMILES string of the molecule is CCNC(=NCc1ccc(COC2CCOCC2)cc1)N1CCOC(c2cnn(C)c2)C1.I. The molecule has 2 fully saturated rings. The number of hydrogen-bond donors (Lipinski definition) is 1. The number of aromatic nitrogens is 2. The highest BCUT2D eigenvalue weighted by Gasteiger charge is 2.25. The first-order chi connectivity index (χ1) is 15.7. The Morgan fingerprint density at radius 1 is 1.18 bits per heavy atom. The Kier molecular flexibility index (Phi) is 10.4. The van der Waals surface area contributed by atoms with Crippen molar-refractivity contribution in [3.63, 3.8) is 0 Å². The minimum atomic E-state index is 0. The molecule has 0 aliphatic carbocycles. The average molecular weight is 569 g/mol. The highest BCUT2D eigenvalue weighted by molar-refractivity contribution is 14.0. The second-order valence-electron chi connectivity index (χ2n) is 8.36. The summed E-state index contributed by atoms with van der Waals surface area (Å²) in [6.07, 6.45) is 6.21. The zero-order valence-electron chi connectivity index (χ0n) is 19.6. The van der Waals surface area contributed by atoms with Crippen LogP contribution in [0.25, 0.3) is 0 Å². The Hall–Kier alpha value is -1.69. The van der Waals surface area contributed by atoms with E-state index in [9.17, 15) is 0 Å². The molecule has 1 aromatic heterocycles. The van der Waals surface area contributed by atoms with E-state index in [-0.39, 0.29) is 30.1 Å². The Morgan fingerprint density at radius 3 is 2.64 bits per heavy atom. The molecule has 0 spiro atoms. The highest BCUT2D eigenvalue weighted by Crippen LogP contribution is 2.22. The number of aliphatic imine (C=N–C) groups is 1. The number of halogens is 1. The van der Waals surface area contributed by atoms with Gasteiger partial charge in [-0.3, -0.25) is 4.68 Å². The van der Waals surface area contributed by atoms with Crippen LogP contribution < -0.4 is 5.32 Å². The maximum Gasteiger partial charge on any atom is 0.194 e. The van der Waals surface area contributed by atoms with E-state index in [0.717, 1.165) is 57.2 Å². The topological polar surface area (TPSA) is 73.1 Å². The number of benzene rings is 1. The van der Waals surface area contributed by atoms with E-state index in [4.69, 9.17) is 19.2 Å². The van der Waals surface area contributed by atoms with Gasteiger partial charge in [0.25, 0.3) is 0 Å². The molecule has 2 aliphatic heterocycles. The van der Waals surface area contributed by atoms with Crippen molar-refractivity contribution < 1.29 is 14.2 Å². The van der Waals surface area contributed by atoms with Gasteiger partial charge in [0.05, 0.1) is 38.6 Å². The van der Waals surface area contributed by atoms with E-state index in [0.29, 0.717) is 25.9 Å². The molecule has 1 aromatic carbocycles. The summed E-state index contributed by atoms with van der Waals surface area (Å²) >= 11 is 0. The summed E-state index contributed by atoms with van der Waals surface area (Å²) in [6, 6.07) is 8.58. The standard InChI is InChI=1S/C24H35N5O3.HI/c1-3-25-24(29-10-13-31-23(17-29)21-15-27-28(2)16-21)26-14-19-4-6-20(7-5-19)18-32-22-8-11-30-12-9-22;/h4-7,15-16,22-23H,3,8-14,17-18H2,1-2H3,(H,25,26);1H. The summed E-state index contributed by atoms with van der Waals surface area (Å²) < 4.78 is 19.2. The highest BCUT2D eigenvalue weighted by atomic mass is 127. The quantitative estimate of drug-likeness (QED) is 0.314.